The SMILES string of the molecule is CC(=S)NC[C@H]1CN(c2ccc(C3CCN(Cc4ncccn4)CC3)c(F)c2)C(=O)O1. The summed E-state index contributed by atoms with van der Waals surface area (Å²) in [6.07, 6.45) is 4.47. The number of likely N-dealkylation sites (tertiary alicyclic amines) is 1. The molecule has 2 saturated heterocycles. The standard InChI is InChI=1S/C22H26FN5O2S/c1-15(31)26-12-18-13-28(22(29)30-18)17-3-4-19(20(23)11-17)16-5-9-27(10-6-16)14-21-24-7-2-8-25-21/h2-4,7-8,11,16,18H,5-6,9-10,12-14H2,1H3,(H,26,31)/t18-/m0/s1. The van der Waals surface area contributed by atoms with Crippen molar-refractivity contribution in [3.8, 4) is 0 Å². The Balaban J connectivity index is 1.35. The van der Waals surface area contributed by atoms with E-state index in [9.17, 15) is 9.18 Å². The van der Waals surface area contributed by atoms with Crippen molar-refractivity contribution >= 4 is 29.0 Å². The summed E-state index contributed by atoms with van der Waals surface area (Å²) in [4.78, 5) is 25.2. The molecule has 1 amide bonds. The minimum absolute atomic E-state index is 0.162. The van der Waals surface area contributed by atoms with Crippen molar-refractivity contribution in [2.24, 2.45) is 0 Å². The summed E-state index contributed by atoms with van der Waals surface area (Å²) in [7, 11) is 0. The molecule has 0 saturated carbocycles. The molecule has 1 aromatic carbocycles. The van der Waals surface area contributed by atoms with Gasteiger partial charge in [-0.05, 0) is 62.5 Å². The third-order valence-electron chi connectivity index (χ3n) is 5.76. The number of cyclic esters (lactones) is 1. The zero-order chi connectivity index (χ0) is 21.8. The molecular weight excluding hydrogens is 417 g/mol. The summed E-state index contributed by atoms with van der Waals surface area (Å²) in [6, 6.07) is 6.87. The molecule has 9 heteroatoms. The number of rotatable bonds is 6. The van der Waals surface area contributed by atoms with Crippen molar-refractivity contribution in [3.05, 3.63) is 53.9 Å². The van der Waals surface area contributed by atoms with Gasteiger partial charge in [-0.15, -0.1) is 0 Å². The lowest BCUT2D eigenvalue weighted by Crippen LogP contribution is -2.33. The van der Waals surface area contributed by atoms with Gasteiger partial charge in [-0.3, -0.25) is 9.80 Å². The Morgan fingerprint density at radius 3 is 2.71 bits per heavy atom. The van der Waals surface area contributed by atoms with Crippen LogP contribution in [-0.4, -0.2) is 58.2 Å². The molecule has 1 aromatic heterocycles. The van der Waals surface area contributed by atoms with Crippen molar-refractivity contribution in [2.75, 3.05) is 31.1 Å². The van der Waals surface area contributed by atoms with Gasteiger partial charge >= 0.3 is 6.09 Å². The summed E-state index contributed by atoms with van der Waals surface area (Å²) in [5.41, 5.74) is 1.23. The summed E-state index contributed by atoms with van der Waals surface area (Å²) in [5, 5.41) is 3.00. The largest absolute Gasteiger partial charge is 0.442 e. The number of thiocarbonyl (C=S) groups is 1. The number of carbonyl (C=O) groups is 1. The second kappa shape index (κ2) is 9.65. The fourth-order valence-corrected chi connectivity index (χ4v) is 4.21. The molecule has 4 rings (SSSR count). The number of halogens is 1. The summed E-state index contributed by atoms with van der Waals surface area (Å²) in [5.74, 6) is 0.699. The predicted molar refractivity (Wildman–Crippen MR) is 120 cm³/mol. The van der Waals surface area contributed by atoms with Gasteiger partial charge < -0.3 is 10.1 Å². The zero-order valence-corrected chi connectivity index (χ0v) is 18.3. The minimum Gasteiger partial charge on any atom is -0.442 e. The Labute approximate surface area is 186 Å². The topological polar surface area (TPSA) is 70.6 Å². The fourth-order valence-electron chi connectivity index (χ4n) is 4.12. The molecule has 31 heavy (non-hydrogen) atoms. The van der Waals surface area contributed by atoms with Crippen LogP contribution in [0, 0.1) is 5.82 Å². The molecule has 2 aliphatic rings. The van der Waals surface area contributed by atoms with Crippen molar-refractivity contribution in [1.82, 2.24) is 20.2 Å². The quantitative estimate of drug-likeness (QED) is 0.687. The van der Waals surface area contributed by atoms with Gasteiger partial charge in [-0.1, -0.05) is 18.3 Å². The van der Waals surface area contributed by atoms with Crippen LogP contribution in [-0.2, 0) is 11.3 Å². The van der Waals surface area contributed by atoms with Crippen LogP contribution in [0.25, 0.3) is 0 Å². The molecule has 3 heterocycles. The number of amides is 1. The van der Waals surface area contributed by atoms with Gasteiger partial charge in [-0.2, -0.15) is 0 Å². The van der Waals surface area contributed by atoms with Gasteiger partial charge in [0.2, 0.25) is 0 Å². The molecule has 0 bridgehead atoms. The molecule has 7 nitrogen and oxygen atoms in total. The molecule has 1 N–H and O–H groups in total. The first-order valence-corrected chi connectivity index (χ1v) is 10.9. The highest BCUT2D eigenvalue weighted by Gasteiger charge is 2.33. The van der Waals surface area contributed by atoms with Gasteiger partial charge in [0.05, 0.1) is 30.3 Å². The number of anilines is 1. The molecule has 0 aliphatic carbocycles. The molecule has 0 radical (unpaired) electrons. The van der Waals surface area contributed by atoms with E-state index < -0.39 is 6.09 Å². The van der Waals surface area contributed by atoms with E-state index in [2.05, 4.69) is 20.2 Å². The Kier molecular flexibility index (Phi) is 6.72. The lowest BCUT2D eigenvalue weighted by molar-refractivity contribution is 0.143. The summed E-state index contributed by atoms with van der Waals surface area (Å²) >= 11 is 4.99. The van der Waals surface area contributed by atoms with Crippen molar-refractivity contribution in [1.29, 1.82) is 0 Å². The van der Waals surface area contributed by atoms with Gasteiger partial charge in [0, 0.05) is 12.4 Å². The van der Waals surface area contributed by atoms with E-state index in [-0.39, 0.29) is 17.8 Å². The van der Waals surface area contributed by atoms with E-state index in [1.54, 1.807) is 19.3 Å². The molecule has 2 fully saturated rings. The van der Waals surface area contributed by atoms with Crippen molar-refractivity contribution < 1.29 is 13.9 Å². The van der Waals surface area contributed by atoms with Gasteiger partial charge in [-0.25, -0.2) is 19.2 Å². The van der Waals surface area contributed by atoms with E-state index in [1.165, 1.54) is 11.0 Å². The highest BCUT2D eigenvalue weighted by Crippen LogP contribution is 2.33. The van der Waals surface area contributed by atoms with Crippen molar-refractivity contribution in [3.63, 3.8) is 0 Å². The Morgan fingerprint density at radius 1 is 1.29 bits per heavy atom. The number of piperidine rings is 1. The van der Waals surface area contributed by atoms with Crippen LogP contribution in [0.4, 0.5) is 14.9 Å². The van der Waals surface area contributed by atoms with E-state index in [0.29, 0.717) is 35.9 Å². The predicted octanol–water partition coefficient (Wildman–Crippen LogP) is 3.26. The van der Waals surface area contributed by atoms with E-state index in [1.807, 2.05) is 18.2 Å². The van der Waals surface area contributed by atoms with Crippen LogP contribution in [0.1, 0.15) is 37.1 Å². The number of nitrogens with one attached hydrogen (secondary N) is 1. The van der Waals surface area contributed by atoms with E-state index >= 15 is 0 Å². The minimum atomic E-state index is -0.461. The highest BCUT2D eigenvalue weighted by molar-refractivity contribution is 7.80. The van der Waals surface area contributed by atoms with Crippen LogP contribution in [0.15, 0.2) is 36.7 Å². The Morgan fingerprint density at radius 2 is 2.03 bits per heavy atom. The van der Waals surface area contributed by atoms with Crippen LogP contribution in [0.2, 0.25) is 0 Å². The number of nitrogens with zero attached hydrogens (tertiary/aromatic N) is 4. The van der Waals surface area contributed by atoms with E-state index in [0.717, 1.165) is 31.8 Å². The van der Waals surface area contributed by atoms with Crippen LogP contribution in [0.3, 0.4) is 0 Å². The van der Waals surface area contributed by atoms with Gasteiger partial charge in [0.25, 0.3) is 0 Å². The molecular formula is C22H26FN5O2S. The molecule has 164 valence electrons. The second-order valence-electron chi connectivity index (χ2n) is 7.97. The first-order chi connectivity index (χ1) is 15.0. The maximum Gasteiger partial charge on any atom is 0.414 e. The highest BCUT2D eigenvalue weighted by atomic mass is 32.1. The van der Waals surface area contributed by atoms with Crippen LogP contribution < -0.4 is 10.2 Å². The third kappa shape index (κ3) is 5.34. The van der Waals surface area contributed by atoms with Gasteiger partial charge in [0.1, 0.15) is 17.7 Å². The molecule has 2 aliphatic heterocycles. The monoisotopic (exact) mass is 443 g/mol. The first kappa shape index (κ1) is 21.6. The normalized spacial score (nSPS) is 20.0. The molecule has 2 aromatic rings. The van der Waals surface area contributed by atoms with Crippen molar-refractivity contribution in [2.45, 2.75) is 38.3 Å². The van der Waals surface area contributed by atoms with Crippen LogP contribution >= 0.6 is 12.2 Å². The summed E-state index contributed by atoms with van der Waals surface area (Å²) < 4.78 is 20.3. The number of hydrogen-bond donors (Lipinski definition) is 1. The number of carbonyl (C=O) groups excluding carboxylic acids is 1. The zero-order valence-electron chi connectivity index (χ0n) is 17.5. The lowest BCUT2D eigenvalue weighted by Gasteiger charge is -2.32. The average Bonchev–Trinajstić information content (AvgIpc) is 3.14. The van der Waals surface area contributed by atoms with Crippen LogP contribution in [0.5, 0.6) is 0 Å². The van der Waals surface area contributed by atoms with E-state index in [4.69, 9.17) is 17.0 Å². The third-order valence-corrected chi connectivity index (χ3v) is 5.90. The number of benzene rings is 1. The molecule has 0 unspecified atom stereocenters. The second-order valence-corrected chi connectivity index (χ2v) is 8.59. The number of ether oxygens (including phenoxy) is 1. The Bertz CT molecular complexity index is 937. The first-order valence-electron chi connectivity index (χ1n) is 10.5. The smallest absolute Gasteiger partial charge is 0.414 e. The maximum atomic E-state index is 15.0. The molecule has 1 atom stereocenters. The number of aromatic nitrogens is 2. The fraction of sp³-hybridized carbons (Fsp3) is 0.455. The van der Waals surface area contributed by atoms with Gasteiger partial charge in [0.15, 0.2) is 0 Å². The number of hydrogen-bond acceptors (Lipinski definition) is 6. The maximum absolute atomic E-state index is 15.0. The lowest BCUT2D eigenvalue weighted by atomic mass is 9.89. The summed E-state index contributed by atoms with van der Waals surface area (Å²) in [6.45, 7) is 5.05. The molecule has 0 spiro atoms. The average molecular weight is 444 g/mol. The Hall–Kier alpha value is -2.65.